The number of aromatic nitrogens is 1. The second-order valence-electron chi connectivity index (χ2n) is 5.12. The van der Waals surface area contributed by atoms with Crippen LogP contribution in [0.1, 0.15) is 12.8 Å². The Morgan fingerprint density at radius 2 is 2.10 bits per heavy atom. The van der Waals surface area contributed by atoms with Gasteiger partial charge in [0, 0.05) is 23.0 Å². The van der Waals surface area contributed by atoms with Crippen molar-refractivity contribution in [3.05, 3.63) is 24.4 Å². The second-order valence-corrected chi connectivity index (χ2v) is 5.12. The summed E-state index contributed by atoms with van der Waals surface area (Å²) in [5.74, 6) is 2.06. The highest BCUT2D eigenvalue weighted by molar-refractivity contribution is 5.93. The van der Waals surface area contributed by atoms with Crippen LogP contribution in [-0.4, -0.2) is 38.4 Å². The molecule has 0 radical (unpaired) electrons. The number of ether oxygens (including phenoxy) is 3. The summed E-state index contributed by atoms with van der Waals surface area (Å²) < 4.78 is 16.7. The number of hydrogen-bond acceptors (Lipinski definition) is 5. The van der Waals surface area contributed by atoms with E-state index < -0.39 is 0 Å². The Hall–Kier alpha value is -2.01. The lowest BCUT2D eigenvalue weighted by atomic mass is 10.1. The third-order valence-corrected chi connectivity index (χ3v) is 3.83. The molecule has 0 bridgehead atoms. The molecule has 0 spiro atoms. The second kappa shape index (κ2) is 6.18. The molecule has 112 valence electrons. The van der Waals surface area contributed by atoms with Gasteiger partial charge in [-0.1, -0.05) is 0 Å². The SMILES string of the molecule is COc1ccc2c(OCC3CCCN3)nccc2c1OC. The summed E-state index contributed by atoms with van der Waals surface area (Å²) >= 11 is 0. The molecule has 21 heavy (non-hydrogen) atoms. The molecule has 2 heterocycles. The summed E-state index contributed by atoms with van der Waals surface area (Å²) in [6, 6.07) is 6.17. The first-order valence-corrected chi connectivity index (χ1v) is 7.19. The Morgan fingerprint density at radius 3 is 2.81 bits per heavy atom. The van der Waals surface area contributed by atoms with E-state index in [2.05, 4.69) is 10.3 Å². The van der Waals surface area contributed by atoms with E-state index in [9.17, 15) is 0 Å². The standard InChI is InChI=1S/C16H20N2O3/c1-19-14-6-5-13-12(15(14)20-2)7-9-18-16(13)21-10-11-4-3-8-17-11/h5-7,9,11,17H,3-4,8,10H2,1-2H3. The van der Waals surface area contributed by atoms with Crippen LogP contribution < -0.4 is 19.5 Å². The summed E-state index contributed by atoms with van der Waals surface area (Å²) in [6.07, 6.45) is 4.10. The molecule has 1 unspecified atom stereocenters. The summed E-state index contributed by atoms with van der Waals surface area (Å²) in [6.45, 7) is 1.71. The molecule has 1 aromatic heterocycles. The Kier molecular flexibility index (Phi) is 4.10. The lowest BCUT2D eigenvalue weighted by molar-refractivity contribution is 0.271. The molecule has 1 saturated heterocycles. The highest BCUT2D eigenvalue weighted by atomic mass is 16.5. The van der Waals surface area contributed by atoms with Gasteiger partial charge in [-0.05, 0) is 37.6 Å². The monoisotopic (exact) mass is 288 g/mol. The van der Waals surface area contributed by atoms with Crippen molar-refractivity contribution in [3.8, 4) is 17.4 Å². The van der Waals surface area contributed by atoms with Crippen LogP contribution >= 0.6 is 0 Å². The molecule has 0 saturated carbocycles. The first-order chi connectivity index (χ1) is 10.3. The topological polar surface area (TPSA) is 52.6 Å². The number of hydrogen-bond donors (Lipinski definition) is 1. The average Bonchev–Trinajstić information content (AvgIpc) is 3.04. The van der Waals surface area contributed by atoms with Crippen molar-refractivity contribution < 1.29 is 14.2 Å². The van der Waals surface area contributed by atoms with E-state index in [1.807, 2.05) is 18.2 Å². The zero-order chi connectivity index (χ0) is 14.7. The molecule has 1 aliphatic rings. The van der Waals surface area contributed by atoms with E-state index in [4.69, 9.17) is 14.2 Å². The predicted molar refractivity (Wildman–Crippen MR) is 81.4 cm³/mol. The lowest BCUT2D eigenvalue weighted by Crippen LogP contribution is -2.28. The zero-order valence-electron chi connectivity index (χ0n) is 12.4. The van der Waals surface area contributed by atoms with Gasteiger partial charge < -0.3 is 19.5 Å². The molecule has 1 N–H and O–H groups in total. The number of nitrogens with one attached hydrogen (secondary N) is 1. The summed E-state index contributed by atoms with van der Waals surface area (Å²) in [5, 5.41) is 5.30. The Bertz CT molecular complexity index is 624. The van der Waals surface area contributed by atoms with Gasteiger partial charge in [-0.25, -0.2) is 4.98 Å². The molecule has 0 amide bonds. The van der Waals surface area contributed by atoms with Gasteiger partial charge in [0.1, 0.15) is 6.61 Å². The highest BCUT2D eigenvalue weighted by Crippen LogP contribution is 2.37. The molecule has 1 atom stereocenters. The largest absolute Gasteiger partial charge is 0.493 e. The van der Waals surface area contributed by atoms with E-state index in [-0.39, 0.29) is 0 Å². The van der Waals surface area contributed by atoms with Crippen molar-refractivity contribution in [1.29, 1.82) is 0 Å². The molecule has 5 nitrogen and oxygen atoms in total. The van der Waals surface area contributed by atoms with Crippen LogP contribution in [0.25, 0.3) is 10.8 Å². The van der Waals surface area contributed by atoms with Crippen molar-refractivity contribution in [2.45, 2.75) is 18.9 Å². The van der Waals surface area contributed by atoms with Crippen LogP contribution in [0.5, 0.6) is 17.4 Å². The molecule has 1 aromatic carbocycles. The Balaban J connectivity index is 1.92. The first-order valence-electron chi connectivity index (χ1n) is 7.19. The molecule has 1 aliphatic heterocycles. The van der Waals surface area contributed by atoms with Gasteiger partial charge in [-0.15, -0.1) is 0 Å². The smallest absolute Gasteiger partial charge is 0.221 e. The fourth-order valence-electron chi connectivity index (χ4n) is 2.75. The predicted octanol–water partition coefficient (Wildman–Crippen LogP) is 2.38. The number of benzene rings is 1. The van der Waals surface area contributed by atoms with Crippen molar-refractivity contribution in [2.24, 2.45) is 0 Å². The van der Waals surface area contributed by atoms with Gasteiger partial charge in [0.25, 0.3) is 0 Å². The Morgan fingerprint density at radius 1 is 1.19 bits per heavy atom. The van der Waals surface area contributed by atoms with E-state index in [0.717, 1.165) is 23.7 Å². The third-order valence-electron chi connectivity index (χ3n) is 3.83. The van der Waals surface area contributed by atoms with Crippen LogP contribution in [0.3, 0.4) is 0 Å². The fourth-order valence-corrected chi connectivity index (χ4v) is 2.75. The number of methoxy groups -OCH3 is 2. The van der Waals surface area contributed by atoms with E-state index in [0.29, 0.717) is 30.0 Å². The van der Waals surface area contributed by atoms with Gasteiger partial charge in [-0.3, -0.25) is 0 Å². The lowest BCUT2D eigenvalue weighted by Gasteiger charge is -2.15. The van der Waals surface area contributed by atoms with Crippen molar-refractivity contribution in [3.63, 3.8) is 0 Å². The summed E-state index contributed by atoms with van der Waals surface area (Å²) in [7, 11) is 3.27. The van der Waals surface area contributed by atoms with Gasteiger partial charge >= 0.3 is 0 Å². The van der Waals surface area contributed by atoms with Crippen LogP contribution in [0.4, 0.5) is 0 Å². The van der Waals surface area contributed by atoms with Crippen molar-refractivity contribution in [2.75, 3.05) is 27.4 Å². The molecule has 0 aliphatic carbocycles. The summed E-state index contributed by atoms with van der Waals surface area (Å²) in [4.78, 5) is 4.35. The molecular formula is C16H20N2O3. The first kappa shape index (κ1) is 13.9. The van der Waals surface area contributed by atoms with Gasteiger partial charge in [0.15, 0.2) is 11.5 Å². The maximum atomic E-state index is 5.91. The molecule has 1 fully saturated rings. The van der Waals surface area contributed by atoms with Crippen LogP contribution in [0.15, 0.2) is 24.4 Å². The number of pyridine rings is 1. The quantitative estimate of drug-likeness (QED) is 0.915. The van der Waals surface area contributed by atoms with Gasteiger partial charge in [-0.2, -0.15) is 0 Å². The van der Waals surface area contributed by atoms with E-state index in [1.54, 1.807) is 20.4 Å². The molecule has 2 aromatic rings. The summed E-state index contributed by atoms with van der Waals surface area (Å²) in [5.41, 5.74) is 0. The number of rotatable bonds is 5. The maximum Gasteiger partial charge on any atom is 0.221 e. The van der Waals surface area contributed by atoms with Crippen LogP contribution in [-0.2, 0) is 0 Å². The molecule has 5 heteroatoms. The minimum absolute atomic E-state index is 0.419. The third kappa shape index (κ3) is 2.74. The Labute approximate surface area is 124 Å². The zero-order valence-corrected chi connectivity index (χ0v) is 12.4. The highest BCUT2D eigenvalue weighted by Gasteiger charge is 2.17. The van der Waals surface area contributed by atoms with Crippen molar-refractivity contribution >= 4 is 10.8 Å². The van der Waals surface area contributed by atoms with Gasteiger partial charge in [0.2, 0.25) is 5.88 Å². The number of fused-ring (bicyclic) bond motifs is 1. The van der Waals surface area contributed by atoms with Crippen molar-refractivity contribution in [1.82, 2.24) is 10.3 Å². The normalized spacial score (nSPS) is 17.9. The molecule has 3 rings (SSSR count). The molecular weight excluding hydrogens is 268 g/mol. The maximum absolute atomic E-state index is 5.91. The minimum Gasteiger partial charge on any atom is -0.493 e. The fraction of sp³-hybridized carbons (Fsp3) is 0.438. The van der Waals surface area contributed by atoms with Gasteiger partial charge in [0.05, 0.1) is 14.2 Å². The minimum atomic E-state index is 0.419. The van der Waals surface area contributed by atoms with Crippen LogP contribution in [0, 0.1) is 0 Å². The van der Waals surface area contributed by atoms with E-state index >= 15 is 0 Å². The van der Waals surface area contributed by atoms with E-state index in [1.165, 1.54) is 6.42 Å². The number of nitrogens with zero attached hydrogens (tertiary/aromatic N) is 1. The average molecular weight is 288 g/mol. The van der Waals surface area contributed by atoms with Crippen LogP contribution in [0.2, 0.25) is 0 Å².